The molecule has 0 aliphatic carbocycles. The van der Waals surface area contributed by atoms with Crippen molar-refractivity contribution in [3.05, 3.63) is 36.0 Å². The van der Waals surface area contributed by atoms with E-state index < -0.39 is 0 Å². The normalized spacial score (nSPS) is 12.2. The van der Waals surface area contributed by atoms with Crippen molar-refractivity contribution in [3.63, 3.8) is 0 Å². The van der Waals surface area contributed by atoms with E-state index in [-0.39, 0.29) is 11.8 Å². The van der Waals surface area contributed by atoms with Gasteiger partial charge in [0.2, 0.25) is 0 Å². The summed E-state index contributed by atoms with van der Waals surface area (Å²) in [6.45, 7) is 2.56. The molecule has 3 nitrogen and oxygen atoms in total. The molecule has 0 radical (unpaired) electrons. The fourth-order valence-electron chi connectivity index (χ4n) is 1.88. The van der Waals surface area contributed by atoms with Gasteiger partial charge in [-0.3, -0.25) is 10.3 Å². The molecule has 2 rings (SSSR count). The first-order valence-corrected chi connectivity index (χ1v) is 5.47. The zero-order valence-corrected chi connectivity index (χ0v) is 9.64. The maximum absolute atomic E-state index is 9.74. The van der Waals surface area contributed by atoms with Gasteiger partial charge in [0.1, 0.15) is 11.3 Å². The highest BCUT2D eigenvalue weighted by Gasteiger charge is 2.10. The van der Waals surface area contributed by atoms with Crippen LogP contribution in [0.4, 0.5) is 0 Å². The van der Waals surface area contributed by atoms with Crippen LogP contribution in [-0.4, -0.2) is 16.6 Å². The predicted molar refractivity (Wildman–Crippen MR) is 68.7 cm³/mol. The van der Waals surface area contributed by atoms with Gasteiger partial charge in [-0.15, -0.1) is 6.42 Å². The van der Waals surface area contributed by atoms with E-state index in [1.54, 1.807) is 12.3 Å². The lowest BCUT2D eigenvalue weighted by atomic mass is 10.0. The maximum Gasteiger partial charge on any atom is 0.141 e. The Morgan fingerprint density at radius 3 is 3.06 bits per heavy atom. The minimum Gasteiger partial charge on any atom is -0.506 e. The predicted octanol–water partition coefficient (Wildman–Crippen LogP) is 2.22. The second-order valence-corrected chi connectivity index (χ2v) is 3.88. The van der Waals surface area contributed by atoms with Gasteiger partial charge in [-0.25, -0.2) is 0 Å². The molecule has 0 saturated carbocycles. The Labute approximate surface area is 101 Å². The molecule has 0 bridgehead atoms. The third kappa shape index (κ3) is 2.22. The molecule has 1 heterocycles. The fraction of sp³-hybridized carbons (Fsp3) is 0.214. The average molecular weight is 226 g/mol. The molecule has 1 atom stereocenters. The Kier molecular flexibility index (Phi) is 3.27. The van der Waals surface area contributed by atoms with Crippen LogP contribution in [0.2, 0.25) is 0 Å². The molecule has 0 fully saturated rings. The molecule has 1 aromatic heterocycles. The van der Waals surface area contributed by atoms with Crippen molar-refractivity contribution in [2.75, 3.05) is 6.54 Å². The number of aromatic nitrogens is 1. The van der Waals surface area contributed by atoms with Gasteiger partial charge in [-0.05, 0) is 24.6 Å². The molecule has 0 amide bonds. The van der Waals surface area contributed by atoms with E-state index in [0.29, 0.717) is 12.1 Å². The van der Waals surface area contributed by atoms with Crippen LogP contribution in [0.1, 0.15) is 18.5 Å². The summed E-state index contributed by atoms with van der Waals surface area (Å²) in [4.78, 5) is 4.19. The van der Waals surface area contributed by atoms with Gasteiger partial charge in [0.15, 0.2) is 0 Å². The third-order valence-corrected chi connectivity index (χ3v) is 2.76. The topological polar surface area (TPSA) is 45.1 Å². The number of terminal acetylenes is 1. The molecule has 0 aliphatic heterocycles. The minimum atomic E-state index is 0.123. The van der Waals surface area contributed by atoms with Gasteiger partial charge < -0.3 is 5.11 Å². The highest BCUT2D eigenvalue weighted by Crippen LogP contribution is 2.28. The number of aromatic hydroxyl groups is 1. The van der Waals surface area contributed by atoms with E-state index in [1.165, 1.54) is 0 Å². The molecule has 17 heavy (non-hydrogen) atoms. The largest absolute Gasteiger partial charge is 0.506 e. The van der Waals surface area contributed by atoms with Gasteiger partial charge in [0.05, 0.1) is 6.54 Å². The van der Waals surface area contributed by atoms with Crippen LogP contribution in [0.3, 0.4) is 0 Å². The zero-order valence-electron chi connectivity index (χ0n) is 9.64. The van der Waals surface area contributed by atoms with E-state index in [9.17, 15) is 5.11 Å². The lowest BCUT2D eigenvalue weighted by Crippen LogP contribution is -2.18. The number of benzene rings is 1. The average Bonchev–Trinajstić information content (AvgIpc) is 2.37. The second-order valence-electron chi connectivity index (χ2n) is 3.88. The van der Waals surface area contributed by atoms with Crippen molar-refractivity contribution in [2.45, 2.75) is 13.0 Å². The molecular formula is C14H14N2O. The van der Waals surface area contributed by atoms with E-state index in [2.05, 4.69) is 16.2 Å². The fourth-order valence-corrected chi connectivity index (χ4v) is 1.88. The van der Waals surface area contributed by atoms with Crippen LogP contribution in [0, 0.1) is 12.3 Å². The molecule has 1 unspecified atom stereocenters. The van der Waals surface area contributed by atoms with Gasteiger partial charge >= 0.3 is 0 Å². The SMILES string of the molecule is C#CCNC(C)c1ccc(O)c2ncccc12. The standard InChI is InChI=1S/C14H14N2O/c1-3-8-15-10(2)11-6-7-13(17)14-12(11)5-4-9-16-14/h1,4-7,9-10,15,17H,8H2,2H3. The Hall–Kier alpha value is -2.05. The number of pyridine rings is 1. The van der Waals surface area contributed by atoms with Crippen molar-refractivity contribution < 1.29 is 5.11 Å². The lowest BCUT2D eigenvalue weighted by Gasteiger charge is -2.15. The Morgan fingerprint density at radius 1 is 1.47 bits per heavy atom. The molecule has 86 valence electrons. The Balaban J connectivity index is 2.48. The highest BCUT2D eigenvalue weighted by atomic mass is 16.3. The summed E-state index contributed by atoms with van der Waals surface area (Å²) in [5.41, 5.74) is 1.71. The number of phenols is 1. The molecule has 0 saturated heterocycles. The van der Waals surface area contributed by atoms with Crippen LogP contribution < -0.4 is 5.32 Å². The molecule has 3 heteroatoms. The summed E-state index contributed by atoms with van der Waals surface area (Å²) in [7, 11) is 0. The molecule has 2 aromatic rings. The van der Waals surface area contributed by atoms with Gasteiger partial charge in [-0.1, -0.05) is 18.1 Å². The molecular weight excluding hydrogens is 212 g/mol. The van der Waals surface area contributed by atoms with Crippen LogP contribution >= 0.6 is 0 Å². The smallest absolute Gasteiger partial charge is 0.141 e. The van der Waals surface area contributed by atoms with Crippen LogP contribution in [0.5, 0.6) is 5.75 Å². The highest BCUT2D eigenvalue weighted by molar-refractivity contribution is 5.87. The van der Waals surface area contributed by atoms with E-state index >= 15 is 0 Å². The second kappa shape index (κ2) is 4.86. The van der Waals surface area contributed by atoms with E-state index in [1.807, 2.05) is 25.1 Å². The van der Waals surface area contributed by atoms with Gasteiger partial charge in [0, 0.05) is 17.6 Å². The summed E-state index contributed by atoms with van der Waals surface area (Å²) < 4.78 is 0. The summed E-state index contributed by atoms with van der Waals surface area (Å²) in [6, 6.07) is 7.50. The molecule has 2 N–H and O–H groups in total. The first-order chi connectivity index (χ1) is 8.24. The monoisotopic (exact) mass is 226 g/mol. The number of fused-ring (bicyclic) bond motifs is 1. The zero-order chi connectivity index (χ0) is 12.3. The number of nitrogens with zero attached hydrogens (tertiary/aromatic N) is 1. The summed E-state index contributed by atoms with van der Waals surface area (Å²) in [6.07, 6.45) is 6.90. The van der Waals surface area contributed by atoms with Crippen molar-refractivity contribution in [1.82, 2.24) is 10.3 Å². The van der Waals surface area contributed by atoms with Crippen molar-refractivity contribution in [3.8, 4) is 18.1 Å². The van der Waals surface area contributed by atoms with Crippen LogP contribution in [-0.2, 0) is 0 Å². The van der Waals surface area contributed by atoms with Crippen molar-refractivity contribution in [2.24, 2.45) is 0 Å². The van der Waals surface area contributed by atoms with E-state index in [4.69, 9.17) is 6.42 Å². The van der Waals surface area contributed by atoms with Crippen LogP contribution in [0.25, 0.3) is 10.9 Å². The Bertz CT molecular complexity index is 572. The number of phenolic OH excluding ortho intramolecular Hbond substituents is 1. The van der Waals surface area contributed by atoms with Crippen molar-refractivity contribution >= 4 is 10.9 Å². The van der Waals surface area contributed by atoms with Crippen LogP contribution in [0.15, 0.2) is 30.5 Å². The van der Waals surface area contributed by atoms with Gasteiger partial charge in [0.25, 0.3) is 0 Å². The maximum atomic E-state index is 9.74. The van der Waals surface area contributed by atoms with Gasteiger partial charge in [-0.2, -0.15) is 0 Å². The quantitative estimate of drug-likeness (QED) is 0.789. The first-order valence-electron chi connectivity index (χ1n) is 5.47. The third-order valence-electron chi connectivity index (χ3n) is 2.76. The molecule has 0 spiro atoms. The summed E-state index contributed by atoms with van der Waals surface area (Å²) in [5, 5.41) is 13.9. The molecule has 1 aromatic carbocycles. The summed E-state index contributed by atoms with van der Waals surface area (Å²) >= 11 is 0. The number of nitrogens with one attached hydrogen (secondary N) is 1. The van der Waals surface area contributed by atoms with E-state index in [0.717, 1.165) is 10.9 Å². The Morgan fingerprint density at radius 2 is 2.29 bits per heavy atom. The number of hydrogen-bond acceptors (Lipinski definition) is 3. The number of hydrogen-bond donors (Lipinski definition) is 2. The lowest BCUT2D eigenvalue weighted by molar-refractivity contribution is 0.480. The number of rotatable bonds is 3. The minimum absolute atomic E-state index is 0.123. The first kappa shape index (κ1) is 11.4. The molecule has 0 aliphatic rings. The summed E-state index contributed by atoms with van der Waals surface area (Å²) in [5.74, 6) is 2.75. The van der Waals surface area contributed by atoms with Crippen molar-refractivity contribution in [1.29, 1.82) is 0 Å².